The third-order valence-electron chi connectivity index (χ3n) is 2.74. The van der Waals surface area contributed by atoms with Gasteiger partial charge in [-0.1, -0.05) is 0 Å². The van der Waals surface area contributed by atoms with Crippen molar-refractivity contribution < 1.29 is 14.3 Å². The fraction of sp³-hybridized carbons (Fsp3) is 0.333. The number of anilines is 2. The van der Waals surface area contributed by atoms with Crippen LogP contribution in [0.5, 0.6) is 0 Å². The van der Waals surface area contributed by atoms with Gasteiger partial charge >= 0.3 is 6.09 Å². The molecule has 2 amide bonds. The van der Waals surface area contributed by atoms with E-state index in [-0.39, 0.29) is 12.5 Å². The van der Waals surface area contributed by atoms with E-state index in [0.29, 0.717) is 22.4 Å². The van der Waals surface area contributed by atoms with Gasteiger partial charge in [-0.3, -0.25) is 4.79 Å². The molecule has 0 fully saturated rings. The van der Waals surface area contributed by atoms with Gasteiger partial charge in [-0.05, 0) is 39.0 Å². The standard InChI is InChI=1S/C15H19N5O3/c1-15(2,3)23-14(22)17-7-12(21)20-9-4-5-11-10(6-9)13(16)19-8-18-11/h4-6,8H,7H2,1-3H3,(H,17,22)(H,20,21)(H2,16,18,19). The summed E-state index contributed by atoms with van der Waals surface area (Å²) in [5.41, 5.74) is 6.38. The number of nitrogens with two attached hydrogens (primary N) is 1. The average Bonchev–Trinajstić information content (AvgIpc) is 2.44. The van der Waals surface area contributed by atoms with E-state index in [4.69, 9.17) is 10.5 Å². The first kappa shape index (κ1) is 16.5. The van der Waals surface area contributed by atoms with Crippen molar-refractivity contribution >= 4 is 34.4 Å². The Balaban J connectivity index is 1.95. The summed E-state index contributed by atoms with van der Waals surface area (Å²) in [6.07, 6.45) is 0.726. The number of nitrogens with zero attached hydrogens (tertiary/aromatic N) is 2. The fourth-order valence-corrected chi connectivity index (χ4v) is 1.83. The summed E-state index contributed by atoms with van der Waals surface area (Å²) in [6, 6.07) is 5.10. The number of fused-ring (bicyclic) bond motifs is 1. The summed E-state index contributed by atoms with van der Waals surface area (Å²) >= 11 is 0. The highest BCUT2D eigenvalue weighted by Gasteiger charge is 2.16. The lowest BCUT2D eigenvalue weighted by molar-refractivity contribution is -0.115. The number of amides is 2. The van der Waals surface area contributed by atoms with Crippen LogP contribution >= 0.6 is 0 Å². The van der Waals surface area contributed by atoms with E-state index in [9.17, 15) is 9.59 Å². The second-order valence-electron chi connectivity index (χ2n) is 5.89. The zero-order chi connectivity index (χ0) is 17.0. The van der Waals surface area contributed by atoms with Gasteiger partial charge < -0.3 is 21.1 Å². The van der Waals surface area contributed by atoms with Crippen LogP contribution in [0, 0.1) is 0 Å². The summed E-state index contributed by atoms with van der Waals surface area (Å²) in [6.45, 7) is 5.03. The topological polar surface area (TPSA) is 119 Å². The van der Waals surface area contributed by atoms with Crippen molar-refractivity contribution in [3.63, 3.8) is 0 Å². The number of carbonyl (C=O) groups excluding carboxylic acids is 2. The third-order valence-corrected chi connectivity index (χ3v) is 2.74. The lowest BCUT2D eigenvalue weighted by Crippen LogP contribution is -2.37. The molecule has 4 N–H and O–H groups in total. The van der Waals surface area contributed by atoms with Crippen molar-refractivity contribution in [3.8, 4) is 0 Å². The molecular formula is C15H19N5O3. The molecule has 23 heavy (non-hydrogen) atoms. The number of carbonyl (C=O) groups is 2. The first-order valence-corrected chi connectivity index (χ1v) is 7.01. The molecule has 0 atom stereocenters. The van der Waals surface area contributed by atoms with Gasteiger partial charge in [0.15, 0.2) is 0 Å². The Morgan fingerprint density at radius 2 is 2.00 bits per heavy atom. The molecule has 0 unspecified atom stereocenters. The van der Waals surface area contributed by atoms with Crippen molar-refractivity contribution in [2.75, 3.05) is 17.6 Å². The van der Waals surface area contributed by atoms with Crippen molar-refractivity contribution in [3.05, 3.63) is 24.5 Å². The maximum atomic E-state index is 11.9. The number of nitrogen functional groups attached to an aromatic ring is 1. The molecule has 1 heterocycles. The lowest BCUT2D eigenvalue weighted by atomic mass is 10.2. The minimum atomic E-state index is -0.649. The molecule has 8 heteroatoms. The second kappa shape index (κ2) is 6.47. The molecule has 1 aromatic heterocycles. The van der Waals surface area contributed by atoms with Gasteiger partial charge in [-0.25, -0.2) is 14.8 Å². The Hall–Kier alpha value is -2.90. The SMILES string of the molecule is CC(C)(C)OC(=O)NCC(=O)Nc1ccc2ncnc(N)c2c1. The van der Waals surface area contributed by atoms with E-state index < -0.39 is 11.7 Å². The molecule has 2 aromatic rings. The zero-order valence-electron chi connectivity index (χ0n) is 13.2. The van der Waals surface area contributed by atoms with E-state index in [1.54, 1.807) is 39.0 Å². The number of aromatic nitrogens is 2. The van der Waals surface area contributed by atoms with E-state index in [1.807, 2.05) is 0 Å². The fourth-order valence-electron chi connectivity index (χ4n) is 1.83. The lowest BCUT2D eigenvalue weighted by Gasteiger charge is -2.19. The Morgan fingerprint density at radius 3 is 2.70 bits per heavy atom. The third kappa shape index (κ3) is 4.80. The van der Waals surface area contributed by atoms with Crippen LogP contribution in [0.2, 0.25) is 0 Å². The zero-order valence-corrected chi connectivity index (χ0v) is 13.2. The largest absolute Gasteiger partial charge is 0.444 e. The maximum absolute atomic E-state index is 11.9. The van der Waals surface area contributed by atoms with Gasteiger partial charge in [0.05, 0.1) is 5.52 Å². The first-order chi connectivity index (χ1) is 10.7. The van der Waals surface area contributed by atoms with Gasteiger partial charge in [-0.2, -0.15) is 0 Å². The number of hydrogen-bond acceptors (Lipinski definition) is 6. The number of nitrogens with one attached hydrogen (secondary N) is 2. The monoisotopic (exact) mass is 317 g/mol. The summed E-state index contributed by atoms with van der Waals surface area (Å²) in [4.78, 5) is 31.3. The average molecular weight is 317 g/mol. The Labute approximate surface area is 133 Å². The summed E-state index contributed by atoms with van der Waals surface area (Å²) in [5, 5.41) is 5.69. The minimum Gasteiger partial charge on any atom is -0.444 e. The van der Waals surface area contributed by atoms with Gasteiger partial charge in [0.2, 0.25) is 5.91 Å². The molecule has 0 spiro atoms. The maximum Gasteiger partial charge on any atom is 0.408 e. The highest BCUT2D eigenvalue weighted by atomic mass is 16.6. The van der Waals surface area contributed by atoms with Gasteiger partial charge in [0.25, 0.3) is 0 Å². The highest BCUT2D eigenvalue weighted by Crippen LogP contribution is 2.20. The van der Waals surface area contributed by atoms with Gasteiger partial charge in [0.1, 0.15) is 24.3 Å². The first-order valence-electron chi connectivity index (χ1n) is 7.01. The molecule has 0 saturated carbocycles. The van der Waals surface area contributed by atoms with Crippen LogP contribution < -0.4 is 16.4 Å². The Bertz CT molecular complexity index is 739. The van der Waals surface area contributed by atoms with Crippen molar-refractivity contribution in [2.24, 2.45) is 0 Å². The number of rotatable bonds is 3. The Morgan fingerprint density at radius 1 is 1.26 bits per heavy atom. The molecule has 0 radical (unpaired) electrons. The number of benzene rings is 1. The van der Waals surface area contributed by atoms with Crippen LogP contribution in [0.1, 0.15) is 20.8 Å². The van der Waals surface area contributed by atoms with E-state index >= 15 is 0 Å². The second-order valence-corrected chi connectivity index (χ2v) is 5.89. The number of ether oxygens (including phenoxy) is 1. The smallest absolute Gasteiger partial charge is 0.408 e. The van der Waals surface area contributed by atoms with Gasteiger partial charge in [0, 0.05) is 11.1 Å². The molecular weight excluding hydrogens is 298 g/mol. The quantitative estimate of drug-likeness (QED) is 0.792. The molecule has 1 aromatic carbocycles. The molecule has 122 valence electrons. The summed E-state index contributed by atoms with van der Waals surface area (Å²) < 4.78 is 5.05. The van der Waals surface area contributed by atoms with Crippen molar-refractivity contribution in [1.82, 2.24) is 15.3 Å². The predicted octanol–water partition coefficient (Wildman–Crippen LogP) is 1.68. The molecule has 0 aliphatic rings. The predicted molar refractivity (Wildman–Crippen MR) is 86.8 cm³/mol. The molecule has 0 aliphatic carbocycles. The van der Waals surface area contributed by atoms with Gasteiger partial charge in [-0.15, -0.1) is 0 Å². The highest BCUT2D eigenvalue weighted by molar-refractivity contribution is 5.97. The van der Waals surface area contributed by atoms with Crippen LogP contribution in [0.15, 0.2) is 24.5 Å². The van der Waals surface area contributed by atoms with Crippen molar-refractivity contribution in [1.29, 1.82) is 0 Å². The van der Waals surface area contributed by atoms with Crippen LogP contribution in [-0.4, -0.2) is 34.1 Å². The van der Waals surface area contributed by atoms with E-state index in [1.165, 1.54) is 6.33 Å². The summed E-state index contributed by atoms with van der Waals surface area (Å²) in [7, 11) is 0. The van der Waals surface area contributed by atoms with Crippen LogP contribution in [0.4, 0.5) is 16.3 Å². The van der Waals surface area contributed by atoms with Crippen LogP contribution in [-0.2, 0) is 9.53 Å². The number of alkyl carbamates (subject to hydrolysis) is 1. The molecule has 0 aliphatic heterocycles. The molecule has 8 nitrogen and oxygen atoms in total. The normalized spacial score (nSPS) is 11.1. The number of hydrogen-bond donors (Lipinski definition) is 3. The minimum absolute atomic E-state index is 0.201. The van der Waals surface area contributed by atoms with E-state index in [2.05, 4.69) is 20.6 Å². The molecule has 2 rings (SSSR count). The van der Waals surface area contributed by atoms with Crippen LogP contribution in [0.3, 0.4) is 0 Å². The summed E-state index contributed by atoms with van der Waals surface area (Å²) in [5.74, 6) is -0.0522. The molecule has 0 bridgehead atoms. The molecule has 0 saturated heterocycles. The Kier molecular flexibility index (Phi) is 4.63. The van der Waals surface area contributed by atoms with Crippen molar-refractivity contribution in [2.45, 2.75) is 26.4 Å². The van der Waals surface area contributed by atoms with Crippen LogP contribution in [0.25, 0.3) is 10.9 Å². The van der Waals surface area contributed by atoms with E-state index in [0.717, 1.165) is 0 Å².